The Kier molecular flexibility index (Phi) is 2.99. The average Bonchev–Trinajstić information content (AvgIpc) is 2.45. The van der Waals surface area contributed by atoms with Crippen molar-refractivity contribution in [3.8, 4) is 0 Å². The molecule has 0 radical (unpaired) electrons. The lowest BCUT2D eigenvalue weighted by Crippen LogP contribution is -2.58. The van der Waals surface area contributed by atoms with Crippen molar-refractivity contribution in [2.75, 3.05) is 0 Å². The molecule has 0 amide bonds. The Bertz CT molecular complexity index is 286. The SMILES string of the molecule is CC(C)N1N=CN(F)C1C(F)(F)C(F)(F)F. The van der Waals surface area contributed by atoms with Gasteiger partial charge in [-0.15, -0.1) is 0 Å². The maximum Gasteiger partial charge on any atom is 0.457 e. The zero-order valence-corrected chi connectivity index (χ0v) is 8.34. The van der Waals surface area contributed by atoms with Gasteiger partial charge in [0.05, 0.1) is 0 Å². The van der Waals surface area contributed by atoms with E-state index in [0.717, 1.165) is 0 Å². The fourth-order valence-electron chi connectivity index (χ4n) is 1.23. The van der Waals surface area contributed by atoms with Crippen molar-refractivity contribution in [2.24, 2.45) is 5.10 Å². The summed E-state index contributed by atoms with van der Waals surface area (Å²) in [4.78, 5) is 0. The molecule has 0 N–H and O–H groups in total. The van der Waals surface area contributed by atoms with Crippen molar-refractivity contribution in [1.29, 1.82) is 0 Å². The monoisotopic (exact) mass is 249 g/mol. The van der Waals surface area contributed by atoms with Crippen molar-refractivity contribution >= 4 is 6.34 Å². The van der Waals surface area contributed by atoms with Crippen LogP contribution in [0.2, 0.25) is 0 Å². The van der Waals surface area contributed by atoms with Crippen LogP contribution >= 0.6 is 0 Å². The van der Waals surface area contributed by atoms with Crippen LogP contribution in [0.4, 0.5) is 26.4 Å². The molecule has 0 bridgehead atoms. The Morgan fingerprint density at radius 2 is 1.69 bits per heavy atom. The van der Waals surface area contributed by atoms with E-state index in [4.69, 9.17) is 0 Å². The van der Waals surface area contributed by atoms with Gasteiger partial charge in [-0.1, -0.05) is 4.48 Å². The topological polar surface area (TPSA) is 18.8 Å². The highest BCUT2D eigenvalue weighted by molar-refractivity contribution is 5.55. The summed E-state index contributed by atoms with van der Waals surface area (Å²) in [6.45, 7) is 2.66. The molecule has 0 aromatic rings. The van der Waals surface area contributed by atoms with E-state index in [-0.39, 0.29) is 0 Å². The third-order valence-corrected chi connectivity index (χ3v) is 2.01. The first-order chi connectivity index (χ1) is 7.09. The van der Waals surface area contributed by atoms with Gasteiger partial charge in [-0.05, 0) is 13.8 Å². The summed E-state index contributed by atoms with van der Waals surface area (Å²) in [5, 5.41) is 2.78. The summed E-state index contributed by atoms with van der Waals surface area (Å²) in [5.74, 6) is -5.21. The molecule has 94 valence electrons. The molecule has 1 aliphatic rings. The fraction of sp³-hybridized carbons (Fsp3) is 0.857. The van der Waals surface area contributed by atoms with Crippen LogP contribution in [0.25, 0.3) is 0 Å². The van der Waals surface area contributed by atoms with E-state index in [1.807, 2.05) is 0 Å². The summed E-state index contributed by atoms with van der Waals surface area (Å²) in [5.41, 5.74) is 0. The minimum Gasteiger partial charge on any atom is -0.261 e. The molecule has 9 heteroatoms. The molecule has 0 aliphatic carbocycles. The van der Waals surface area contributed by atoms with Crippen LogP contribution in [0.15, 0.2) is 5.10 Å². The molecule has 16 heavy (non-hydrogen) atoms. The normalized spacial score (nSPS) is 22.4. The minimum atomic E-state index is -5.83. The minimum absolute atomic E-state index is 0.296. The van der Waals surface area contributed by atoms with E-state index >= 15 is 0 Å². The van der Waals surface area contributed by atoms with Gasteiger partial charge in [-0.3, -0.25) is 5.01 Å². The van der Waals surface area contributed by atoms with Crippen molar-refractivity contribution in [1.82, 2.24) is 10.1 Å². The number of hydrogen-bond donors (Lipinski definition) is 0. The first kappa shape index (κ1) is 12.9. The van der Waals surface area contributed by atoms with Crippen molar-refractivity contribution in [3.63, 3.8) is 0 Å². The highest BCUT2D eigenvalue weighted by Gasteiger charge is 2.67. The third kappa shape index (κ3) is 1.90. The smallest absolute Gasteiger partial charge is 0.261 e. The molecule has 0 spiro atoms. The number of alkyl halides is 5. The van der Waals surface area contributed by atoms with E-state index in [2.05, 4.69) is 5.10 Å². The van der Waals surface area contributed by atoms with Crippen LogP contribution in [0.1, 0.15) is 13.8 Å². The molecular weight excluding hydrogens is 240 g/mol. The van der Waals surface area contributed by atoms with Gasteiger partial charge in [-0.25, -0.2) is 0 Å². The van der Waals surface area contributed by atoms with Crippen LogP contribution in [0, 0.1) is 0 Å². The summed E-state index contributed by atoms with van der Waals surface area (Å²) in [6.07, 6.45) is -8.32. The van der Waals surface area contributed by atoms with Crippen molar-refractivity contribution in [2.45, 2.75) is 38.2 Å². The van der Waals surface area contributed by atoms with Gasteiger partial charge in [0.25, 0.3) is 0 Å². The second kappa shape index (κ2) is 3.70. The van der Waals surface area contributed by atoms with Gasteiger partial charge in [-0.2, -0.15) is 32.2 Å². The molecule has 0 saturated heterocycles. The van der Waals surface area contributed by atoms with Gasteiger partial charge < -0.3 is 0 Å². The van der Waals surface area contributed by atoms with Crippen molar-refractivity contribution in [3.05, 3.63) is 0 Å². The zero-order valence-electron chi connectivity index (χ0n) is 8.34. The molecule has 1 unspecified atom stereocenters. The number of hydrogen-bond acceptors (Lipinski definition) is 3. The lowest BCUT2D eigenvalue weighted by atomic mass is 10.2. The van der Waals surface area contributed by atoms with E-state index in [0.29, 0.717) is 11.3 Å². The predicted octanol–water partition coefficient (Wildman–Crippen LogP) is 2.36. The van der Waals surface area contributed by atoms with E-state index < -0.39 is 29.4 Å². The molecular formula is C7H9F6N3. The molecule has 1 aliphatic heterocycles. The maximum absolute atomic E-state index is 13.0. The Labute approximate surface area is 87.2 Å². The van der Waals surface area contributed by atoms with Gasteiger partial charge in [0.1, 0.15) is 6.34 Å². The third-order valence-electron chi connectivity index (χ3n) is 2.01. The quantitative estimate of drug-likeness (QED) is 0.552. The Hall–Kier alpha value is -1.15. The van der Waals surface area contributed by atoms with Crippen LogP contribution in [-0.2, 0) is 0 Å². The van der Waals surface area contributed by atoms with Gasteiger partial charge in [0, 0.05) is 6.04 Å². The van der Waals surface area contributed by atoms with Crippen LogP contribution < -0.4 is 0 Å². The molecule has 0 aromatic heterocycles. The van der Waals surface area contributed by atoms with Gasteiger partial charge in [0.15, 0.2) is 0 Å². The molecule has 3 nitrogen and oxygen atoms in total. The standard InChI is InChI=1S/C7H9F6N3/c1-4(2)16-5(15(13)3-14-16)6(8,9)7(10,11)12/h3-5H,1-2H3. The average molecular weight is 249 g/mol. The maximum atomic E-state index is 13.0. The second-order valence-electron chi connectivity index (χ2n) is 3.54. The molecule has 0 aromatic carbocycles. The Morgan fingerprint density at radius 1 is 1.19 bits per heavy atom. The first-order valence-corrected chi connectivity index (χ1v) is 4.30. The molecule has 0 fully saturated rings. The lowest BCUT2D eigenvalue weighted by molar-refractivity contribution is -0.325. The zero-order chi connectivity index (χ0) is 12.7. The van der Waals surface area contributed by atoms with Crippen molar-refractivity contribution < 1.29 is 26.4 Å². The number of halogens is 6. The number of nitrogens with zero attached hydrogens (tertiary/aromatic N) is 3. The summed E-state index contributed by atoms with van der Waals surface area (Å²) in [7, 11) is 0. The largest absolute Gasteiger partial charge is 0.457 e. The first-order valence-electron chi connectivity index (χ1n) is 4.30. The Balaban J connectivity index is 3.02. The van der Waals surface area contributed by atoms with E-state index in [1.165, 1.54) is 13.8 Å². The van der Waals surface area contributed by atoms with Crippen LogP contribution in [0.5, 0.6) is 0 Å². The summed E-state index contributed by atoms with van der Waals surface area (Å²) >= 11 is 0. The van der Waals surface area contributed by atoms with Gasteiger partial charge >= 0.3 is 12.1 Å². The molecule has 1 rings (SSSR count). The molecule has 1 atom stereocenters. The number of rotatable bonds is 2. The second-order valence-corrected chi connectivity index (χ2v) is 3.54. The van der Waals surface area contributed by atoms with E-state index in [9.17, 15) is 26.4 Å². The van der Waals surface area contributed by atoms with Crippen LogP contribution in [0.3, 0.4) is 0 Å². The Morgan fingerprint density at radius 3 is 2.06 bits per heavy atom. The lowest BCUT2D eigenvalue weighted by Gasteiger charge is -2.34. The molecule has 1 heterocycles. The highest BCUT2D eigenvalue weighted by Crippen LogP contribution is 2.42. The number of hydrazone groups is 1. The summed E-state index contributed by atoms with van der Waals surface area (Å²) < 4.78 is 75.0. The van der Waals surface area contributed by atoms with Gasteiger partial charge in [0.2, 0.25) is 6.17 Å². The summed E-state index contributed by atoms with van der Waals surface area (Å²) in [6, 6.07) is -0.782. The van der Waals surface area contributed by atoms with Crippen LogP contribution in [-0.4, -0.2) is 40.8 Å². The predicted molar refractivity (Wildman–Crippen MR) is 43.2 cm³/mol. The molecule has 0 saturated carbocycles. The van der Waals surface area contributed by atoms with E-state index in [1.54, 1.807) is 0 Å². The fourth-order valence-corrected chi connectivity index (χ4v) is 1.23. The highest BCUT2D eigenvalue weighted by atomic mass is 19.4.